The van der Waals surface area contributed by atoms with E-state index >= 15 is 0 Å². The fourth-order valence-electron chi connectivity index (χ4n) is 1.23. The third kappa shape index (κ3) is 5.41. The molecular formula is C10H17ClIN3OS. The van der Waals surface area contributed by atoms with Crippen molar-refractivity contribution in [1.82, 2.24) is 10.2 Å². The molecule has 1 atom stereocenters. The van der Waals surface area contributed by atoms with Gasteiger partial charge in [-0.25, -0.2) is 0 Å². The van der Waals surface area contributed by atoms with Crippen LogP contribution in [-0.4, -0.2) is 43.7 Å². The first kappa shape index (κ1) is 16.9. The highest BCUT2D eigenvalue weighted by Crippen LogP contribution is 2.26. The normalized spacial score (nSPS) is 12.9. The minimum Gasteiger partial charge on any atom is -0.386 e. The molecule has 0 spiro atoms. The molecule has 0 fully saturated rings. The highest BCUT2D eigenvalue weighted by Gasteiger charge is 2.11. The minimum absolute atomic E-state index is 0. The van der Waals surface area contributed by atoms with Crippen LogP contribution in [0.4, 0.5) is 0 Å². The maximum absolute atomic E-state index is 9.88. The number of rotatable bonds is 3. The number of hydrogen-bond acceptors (Lipinski definition) is 3. The lowest BCUT2D eigenvalue weighted by Gasteiger charge is -2.18. The summed E-state index contributed by atoms with van der Waals surface area (Å²) in [6.07, 6.45) is -0.561. The molecule has 2 N–H and O–H groups in total. The second kappa shape index (κ2) is 8.12. The summed E-state index contributed by atoms with van der Waals surface area (Å²) >= 11 is 7.19. The van der Waals surface area contributed by atoms with Crippen LogP contribution in [-0.2, 0) is 0 Å². The molecular weight excluding hydrogens is 373 g/mol. The molecule has 0 radical (unpaired) electrons. The van der Waals surface area contributed by atoms with Gasteiger partial charge in [0.1, 0.15) is 6.10 Å². The quantitative estimate of drug-likeness (QED) is 0.473. The van der Waals surface area contributed by atoms with Crippen molar-refractivity contribution in [3.8, 4) is 0 Å². The molecule has 1 aromatic heterocycles. The second-order valence-electron chi connectivity index (χ2n) is 3.48. The number of aliphatic hydroxyl groups is 1. The van der Waals surface area contributed by atoms with Crippen molar-refractivity contribution in [2.75, 3.05) is 27.7 Å². The molecule has 0 aromatic carbocycles. The molecule has 0 aliphatic carbocycles. The first-order valence-electron chi connectivity index (χ1n) is 4.86. The summed E-state index contributed by atoms with van der Waals surface area (Å²) in [5, 5.41) is 12.9. The molecule has 0 bridgehead atoms. The van der Waals surface area contributed by atoms with Gasteiger partial charge in [0.15, 0.2) is 5.96 Å². The summed E-state index contributed by atoms with van der Waals surface area (Å²) in [5.41, 5.74) is 0. The Bertz CT molecular complexity index is 370. The first-order chi connectivity index (χ1) is 7.54. The molecule has 0 amide bonds. The van der Waals surface area contributed by atoms with Gasteiger partial charge in [0.2, 0.25) is 0 Å². The maximum Gasteiger partial charge on any atom is 0.193 e. The fraction of sp³-hybridized carbons (Fsp3) is 0.500. The Balaban J connectivity index is 0.00000256. The molecule has 0 saturated heterocycles. The number of aliphatic imine (C=N–C) groups is 1. The molecule has 17 heavy (non-hydrogen) atoms. The largest absolute Gasteiger partial charge is 0.386 e. The van der Waals surface area contributed by atoms with Crippen molar-refractivity contribution < 1.29 is 5.11 Å². The van der Waals surface area contributed by atoms with Crippen LogP contribution >= 0.6 is 46.9 Å². The standard InChI is InChI=1S/C10H16ClN3OS.HI/c1-12-10(14(2)3)13-6-7(15)8-4-5-9(11)16-8;/h4-5,7,15H,6H2,1-3H3,(H,12,13);1H. The average molecular weight is 390 g/mol. The fourth-order valence-corrected chi connectivity index (χ4v) is 2.28. The molecule has 1 heterocycles. The van der Waals surface area contributed by atoms with Crippen LogP contribution in [0.3, 0.4) is 0 Å². The van der Waals surface area contributed by atoms with Gasteiger partial charge in [-0.3, -0.25) is 4.99 Å². The highest BCUT2D eigenvalue weighted by atomic mass is 127. The Morgan fingerprint density at radius 1 is 1.59 bits per heavy atom. The molecule has 0 saturated carbocycles. The van der Waals surface area contributed by atoms with E-state index in [1.165, 1.54) is 11.3 Å². The number of guanidine groups is 1. The third-order valence-corrected chi connectivity index (χ3v) is 3.34. The first-order valence-corrected chi connectivity index (χ1v) is 6.05. The predicted octanol–water partition coefficient (Wildman–Crippen LogP) is 2.19. The molecule has 98 valence electrons. The number of aliphatic hydroxyl groups excluding tert-OH is 1. The van der Waals surface area contributed by atoms with Crippen LogP contribution in [0, 0.1) is 0 Å². The minimum atomic E-state index is -0.561. The predicted molar refractivity (Wildman–Crippen MR) is 84.8 cm³/mol. The zero-order chi connectivity index (χ0) is 12.1. The van der Waals surface area contributed by atoms with Crippen molar-refractivity contribution >= 4 is 52.9 Å². The van der Waals surface area contributed by atoms with Gasteiger partial charge in [-0.05, 0) is 12.1 Å². The third-order valence-electron chi connectivity index (χ3n) is 2.01. The Morgan fingerprint density at radius 3 is 2.65 bits per heavy atom. The van der Waals surface area contributed by atoms with Gasteiger partial charge in [-0.15, -0.1) is 35.3 Å². The Hall–Kier alpha value is -0.0500. The molecule has 1 unspecified atom stereocenters. The lowest BCUT2D eigenvalue weighted by Crippen LogP contribution is -2.38. The topological polar surface area (TPSA) is 47.9 Å². The highest BCUT2D eigenvalue weighted by molar-refractivity contribution is 14.0. The lowest BCUT2D eigenvalue weighted by molar-refractivity contribution is 0.184. The van der Waals surface area contributed by atoms with Gasteiger partial charge in [0, 0.05) is 32.6 Å². The Labute approximate surface area is 128 Å². The Morgan fingerprint density at radius 2 is 2.24 bits per heavy atom. The SMILES string of the molecule is CN=C(NCC(O)c1ccc(Cl)s1)N(C)C.I. The van der Waals surface area contributed by atoms with E-state index in [1.807, 2.05) is 25.1 Å². The molecule has 1 aromatic rings. The van der Waals surface area contributed by atoms with E-state index in [-0.39, 0.29) is 24.0 Å². The summed E-state index contributed by atoms with van der Waals surface area (Å²) in [5.74, 6) is 0.738. The van der Waals surface area contributed by atoms with E-state index in [4.69, 9.17) is 11.6 Å². The van der Waals surface area contributed by atoms with Crippen LogP contribution in [0.15, 0.2) is 17.1 Å². The molecule has 4 nitrogen and oxygen atoms in total. The summed E-state index contributed by atoms with van der Waals surface area (Å²) < 4.78 is 0.686. The van der Waals surface area contributed by atoms with Crippen LogP contribution in [0.5, 0.6) is 0 Å². The molecule has 0 aliphatic heterocycles. The Kier molecular flexibility index (Phi) is 8.10. The molecule has 0 aliphatic rings. The van der Waals surface area contributed by atoms with Crippen LogP contribution < -0.4 is 5.32 Å². The summed E-state index contributed by atoms with van der Waals surface area (Å²) in [4.78, 5) is 6.76. The van der Waals surface area contributed by atoms with Crippen molar-refractivity contribution in [1.29, 1.82) is 0 Å². The van der Waals surface area contributed by atoms with Crippen LogP contribution in [0.2, 0.25) is 4.34 Å². The zero-order valence-corrected chi connectivity index (χ0v) is 13.9. The summed E-state index contributed by atoms with van der Waals surface area (Å²) in [6.45, 7) is 0.418. The summed E-state index contributed by atoms with van der Waals surface area (Å²) in [7, 11) is 5.49. The van der Waals surface area contributed by atoms with Gasteiger partial charge in [0.05, 0.1) is 4.34 Å². The van der Waals surface area contributed by atoms with E-state index in [9.17, 15) is 5.11 Å². The van der Waals surface area contributed by atoms with Gasteiger partial charge in [-0.1, -0.05) is 11.6 Å². The van der Waals surface area contributed by atoms with Crippen LogP contribution in [0.25, 0.3) is 0 Å². The number of thiophene rings is 1. The number of nitrogens with zero attached hydrogens (tertiary/aromatic N) is 2. The lowest BCUT2D eigenvalue weighted by atomic mass is 10.3. The second-order valence-corrected chi connectivity index (χ2v) is 5.23. The van der Waals surface area contributed by atoms with Gasteiger partial charge < -0.3 is 15.3 Å². The van der Waals surface area contributed by atoms with Crippen molar-refractivity contribution in [3.05, 3.63) is 21.3 Å². The van der Waals surface area contributed by atoms with Crippen molar-refractivity contribution in [2.24, 2.45) is 4.99 Å². The average Bonchev–Trinajstić information content (AvgIpc) is 2.65. The maximum atomic E-state index is 9.88. The van der Waals surface area contributed by atoms with E-state index in [1.54, 1.807) is 13.1 Å². The van der Waals surface area contributed by atoms with Gasteiger partial charge in [0.25, 0.3) is 0 Å². The molecule has 7 heteroatoms. The van der Waals surface area contributed by atoms with Crippen LogP contribution in [0.1, 0.15) is 11.0 Å². The summed E-state index contributed by atoms with van der Waals surface area (Å²) in [6, 6.07) is 3.61. The van der Waals surface area contributed by atoms with Crippen molar-refractivity contribution in [3.63, 3.8) is 0 Å². The number of hydrogen-bond donors (Lipinski definition) is 2. The molecule has 1 rings (SSSR count). The zero-order valence-electron chi connectivity index (χ0n) is 9.98. The van der Waals surface area contributed by atoms with E-state index in [0.717, 1.165) is 10.8 Å². The van der Waals surface area contributed by atoms with Gasteiger partial charge >= 0.3 is 0 Å². The van der Waals surface area contributed by atoms with E-state index in [2.05, 4.69) is 10.3 Å². The van der Waals surface area contributed by atoms with Crippen molar-refractivity contribution in [2.45, 2.75) is 6.10 Å². The van der Waals surface area contributed by atoms with E-state index in [0.29, 0.717) is 10.9 Å². The number of halogens is 2. The smallest absolute Gasteiger partial charge is 0.193 e. The van der Waals surface area contributed by atoms with E-state index < -0.39 is 6.10 Å². The number of nitrogens with one attached hydrogen (secondary N) is 1. The monoisotopic (exact) mass is 389 g/mol. The van der Waals surface area contributed by atoms with Gasteiger partial charge in [-0.2, -0.15) is 0 Å².